The number of carbonyl (C=O) groups is 1. The molecule has 0 spiro atoms. The van der Waals surface area contributed by atoms with Crippen LogP contribution in [-0.2, 0) is 12.1 Å². The molecule has 4 nitrogen and oxygen atoms in total. The monoisotopic (exact) mass is 329 g/mol. The van der Waals surface area contributed by atoms with Crippen molar-refractivity contribution in [2.75, 3.05) is 0 Å². The first-order chi connectivity index (χ1) is 11.6. The molecule has 1 aromatic carbocycles. The summed E-state index contributed by atoms with van der Waals surface area (Å²) < 4.78 is 15.1. The average molecular weight is 329 g/mol. The topological polar surface area (TPSA) is 46.9 Å². The van der Waals surface area contributed by atoms with Crippen molar-refractivity contribution < 1.29 is 9.18 Å². The maximum Gasteiger partial charge on any atom is 0.255 e. The van der Waals surface area contributed by atoms with Gasteiger partial charge < -0.3 is 5.32 Å². The molecule has 128 valence electrons. The standard InChI is InChI=1S/C19H24FN3O/c1-3-12-23-14(2)17(13-21-23)18(24)22-19(10-4-5-11-19)15-6-8-16(20)9-7-15/h6-9,13H,3-5,10-12H2,1-2H3,(H,22,24). The summed E-state index contributed by atoms with van der Waals surface area (Å²) in [6.45, 7) is 4.82. The molecule has 1 N–H and O–H groups in total. The lowest BCUT2D eigenvalue weighted by Gasteiger charge is -2.31. The summed E-state index contributed by atoms with van der Waals surface area (Å²) in [5.41, 5.74) is 2.09. The number of halogens is 1. The molecule has 0 radical (unpaired) electrons. The Hall–Kier alpha value is -2.17. The Morgan fingerprint density at radius 2 is 1.96 bits per heavy atom. The van der Waals surface area contributed by atoms with Crippen LogP contribution in [0.15, 0.2) is 30.5 Å². The molecule has 1 heterocycles. The van der Waals surface area contributed by atoms with E-state index in [0.29, 0.717) is 5.56 Å². The van der Waals surface area contributed by atoms with Crippen molar-refractivity contribution in [2.45, 2.75) is 58.0 Å². The minimum atomic E-state index is -0.399. The third-order valence-electron chi connectivity index (χ3n) is 4.99. The van der Waals surface area contributed by atoms with E-state index in [0.717, 1.165) is 49.9 Å². The molecule has 24 heavy (non-hydrogen) atoms. The molecule has 0 bridgehead atoms. The molecule has 0 saturated heterocycles. The fraction of sp³-hybridized carbons (Fsp3) is 0.474. The fourth-order valence-corrected chi connectivity index (χ4v) is 3.62. The summed E-state index contributed by atoms with van der Waals surface area (Å²) in [6, 6.07) is 6.50. The van der Waals surface area contributed by atoms with Gasteiger partial charge >= 0.3 is 0 Å². The molecule has 0 atom stereocenters. The highest BCUT2D eigenvalue weighted by molar-refractivity contribution is 5.95. The number of rotatable bonds is 5. The van der Waals surface area contributed by atoms with Crippen LogP contribution in [0.5, 0.6) is 0 Å². The van der Waals surface area contributed by atoms with Crippen LogP contribution >= 0.6 is 0 Å². The highest BCUT2D eigenvalue weighted by Crippen LogP contribution is 2.39. The van der Waals surface area contributed by atoms with Gasteiger partial charge in [0.15, 0.2) is 0 Å². The number of nitrogens with one attached hydrogen (secondary N) is 1. The Morgan fingerprint density at radius 1 is 1.29 bits per heavy atom. The van der Waals surface area contributed by atoms with Gasteiger partial charge in [0.1, 0.15) is 5.82 Å². The van der Waals surface area contributed by atoms with Gasteiger partial charge in [0.25, 0.3) is 5.91 Å². The van der Waals surface area contributed by atoms with Crippen LogP contribution < -0.4 is 5.32 Å². The van der Waals surface area contributed by atoms with E-state index in [1.807, 2.05) is 11.6 Å². The van der Waals surface area contributed by atoms with Crippen LogP contribution in [0.1, 0.15) is 60.6 Å². The second-order valence-corrected chi connectivity index (χ2v) is 6.62. The summed E-state index contributed by atoms with van der Waals surface area (Å²) >= 11 is 0. The maximum absolute atomic E-state index is 13.3. The van der Waals surface area contributed by atoms with Gasteiger partial charge in [0, 0.05) is 12.2 Å². The number of amides is 1. The SMILES string of the molecule is CCCn1ncc(C(=O)NC2(c3ccc(F)cc3)CCCC2)c1C. The number of nitrogens with zero attached hydrogens (tertiary/aromatic N) is 2. The van der Waals surface area contributed by atoms with E-state index in [-0.39, 0.29) is 11.7 Å². The molecule has 0 aliphatic heterocycles. The van der Waals surface area contributed by atoms with Gasteiger partial charge in [0.05, 0.1) is 17.3 Å². The number of hydrogen-bond donors (Lipinski definition) is 1. The summed E-state index contributed by atoms with van der Waals surface area (Å²) in [4.78, 5) is 12.8. The van der Waals surface area contributed by atoms with Crippen LogP contribution in [0.3, 0.4) is 0 Å². The zero-order valence-electron chi connectivity index (χ0n) is 14.3. The lowest BCUT2D eigenvalue weighted by Crippen LogP contribution is -2.44. The zero-order valence-corrected chi connectivity index (χ0v) is 14.3. The van der Waals surface area contributed by atoms with Crippen LogP contribution in [0.25, 0.3) is 0 Å². The van der Waals surface area contributed by atoms with Crippen molar-refractivity contribution in [1.82, 2.24) is 15.1 Å². The zero-order chi connectivity index (χ0) is 17.2. The number of hydrogen-bond acceptors (Lipinski definition) is 2. The predicted molar refractivity (Wildman–Crippen MR) is 91.3 cm³/mol. The van der Waals surface area contributed by atoms with Crippen molar-refractivity contribution in [3.05, 3.63) is 53.1 Å². The highest BCUT2D eigenvalue weighted by Gasteiger charge is 2.37. The Morgan fingerprint density at radius 3 is 2.58 bits per heavy atom. The molecule has 1 aromatic heterocycles. The summed E-state index contributed by atoms with van der Waals surface area (Å²) in [5.74, 6) is -0.351. The van der Waals surface area contributed by atoms with Crippen molar-refractivity contribution in [1.29, 1.82) is 0 Å². The van der Waals surface area contributed by atoms with Crippen LogP contribution in [0, 0.1) is 12.7 Å². The van der Waals surface area contributed by atoms with E-state index >= 15 is 0 Å². The Balaban J connectivity index is 1.86. The van der Waals surface area contributed by atoms with Gasteiger partial charge in [-0.25, -0.2) is 4.39 Å². The molecule has 3 rings (SSSR count). The van der Waals surface area contributed by atoms with E-state index in [2.05, 4.69) is 17.3 Å². The lowest BCUT2D eigenvalue weighted by atomic mass is 9.87. The Labute approximate surface area is 142 Å². The molecule has 1 aliphatic rings. The van der Waals surface area contributed by atoms with Gasteiger partial charge in [-0.1, -0.05) is 31.9 Å². The Bertz CT molecular complexity index is 715. The molecule has 2 aromatic rings. The molecule has 1 fully saturated rings. The number of aromatic nitrogens is 2. The molecule has 0 unspecified atom stereocenters. The Kier molecular flexibility index (Phi) is 4.69. The van der Waals surface area contributed by atoms with E-state index in [1.54, 1.807) is 18.3 Å². The van der Waals surface area contributed by atoms with Crippen LogP contribution in [0.2, 0.25) is 0 Å². The van der Waals surface area contributed by atoms with E-state index in [4.69, 9.17) is 0 Å². The maximum atomic E-state index is 13.3. The summed E-state index contributed by atoms with van der Waals surface area (Å²) in [7, 11) is 0. The van der Waals surface area contributed by atoms with Crippen molar-refractivity contribution >= 4 is 5.91 Å². The van der Waals surface area contributed by atoms with E-state index in [9.17, 15) is 9.18 Å². The first-order valence-electron chi connectivity index (χ1n) is 8.67. The molecular formula is C19H24FN3O. The predicted octanol–water partition coefficient (Wildman–Crippen LogP) is 3.94. The molecule has 5 heteroatoms. The third kappa shape index (κ3) is 3.07. The average Bonchev–Trinajstić information content (AvgIpc) is 3.17. The van der Waals surface area contributed by atoms with Crippen LogP contribution in [0.4, 0.5) is 4.39 Å². The van der Waals surface area contributed by atoms with E-state index < -0.39 is 5.54 Å². The van der Waals surface area contributed by atoms with Crippen molar-refractivity contribution in [3.8, 4) is 0 Å². The van der Waals surface area contributed by atoms with Crippen molar-refractivity contribution in [3.63, 3.8) is 0 Å². The first-order valence-corrected chi connectivity index (χ1v) is 8.67. The summed E-state index contributed by atoms with van der Waals surface area (Å²) in [5, 5.41) is 7.54. The van der Waals surface area contributed by atoms with Gasteiger partial charge in [-0.2, -0.15) is 5.10 Å². The second kappa shape index (κ2) is 6.75. The molecule has 1 amide bonds. The smallest absolute Gasteiger partial charge is 0.255 e. The van der Waals surface area contributed by atoms with Gasteiger partial charge in [0.2, 0.25) is 0 Å². The van der Waals surface area contributed by atoms with Gasteiger partial charge in [-0.15, -0.1) is 0 Å². The molecule has 1 aliphatic carbocycles. The van der Waals surface area contributed by atoms with Gasteiger partial charge in [-0.3, -0.25) is 9.48 Å². The summed E-state index contributed by atoms with van der Waals surface area (Å²) in [6.07, 6.45) is 6.51. The molecule has 1 saturated carbocycles. The quantitative estimate of drug-likeness (QED) is 0.903. The van der Waals surface area contributed by atoms with Crippen molar-refractivity contribution in [2.24, 2.45) is 0 Å². The minimum absolute atomic E-state index is 0.0962. The fourth-order valence-electron chi connectivity index (χ4n) is 3.62. The normalized spacial score (nSPS) is 16.3. The first kappa shape index (κ1) is 16.7. The van der Waals surface area contributed by atoms with Crippen LogP contribution in [-0.4, -0.2) is 15.7 Å². The van der Waals surface area contributed by atoms with E-state index in [1.165, 1.54) is 12.1 Å². The third-order valence-corrected chi connectivity index (χ3v) is 4.99. The second-order valence-electron chi connectivity index (χ2n) is 6.62. The highest BCUT2D eigenvalue weighted by atomic mass is 19.1. The largest absolute Gasteiger partial charge is 0.342 e. The number of benzene rings is 1. The lowest BCUT2D eigenvalue weighted by molar-refractivity contribution is 0.0897. The number of carbonyl (C=O) groups excluding carboxylic acids is 1. The number of aryl methyl sites for hydroxylation is 1. The van der Waals surface area contributed by atoms with Gasteiger partial charge in [-0.05, 0) is 43.9 Å². The minimum Gasteiger partial charge on any atom is -0.342 e. The molecular weight excluding hydrogens is 305 g/mol.